The number of amides is 1. The standard InChI is InChI=1S/C18H16N4O5/c23-18(22-4-3-13-11(7-22)6-19-21-13)14-8-25-17(20-14)9-24-12-1-2-15-16(5-12)27-10-26-15/h1-2,5-6,8H,3-4,7,9-10H2,(H,19,21). The summed E-state index contributed by atoms with van der Waals surface area (Å²) in [7, 11) is 0. The van der Waals surface area contributed by atoms with E-state index in [9.17, 15) is 4.79 Å². The van der Waals surface area contributed by atoms with Crippen LogP contribution in [0.15, 0.2) is 35.1 Å². The summed E-state index contributed by atoms with van der Waals surface area (Å²) in [5.74, 6) is 2.10. The zero-order valence-electron chi connectivity index (χ0n) is 14.3. The molecule has 5 rings (SSSR count). The van der Waals surface area contributed by atoms with Gasteiger partial charge in [-0.3, -0.25) is 9.89 Å². The van der Waals surface area contributed by atoms with Crippen molar-refractivity contribution >= 4 is 5.91 Å². The van der Waals surface area contributed by atoms with Gasteiger partial charge in [-0.2, -0.15) is 5.10 Å². The fraction of sp³-hybridized carbons (Fsp3) is 0.278. The van der Waals surface area contributed by atoms with Gasteiger partial charge in [-0.15, -0.1) is 0 Å². The van der Waals surface area contributed by atoms with Gasteiger partial charge < -0.3 is 23.5 Å². The fourth-order valence-electron chi connectivity index (χ4n) is 3.14. The Bertz CT molecular complexity index is 995. The van der Waals surface area contributed by atoms with Crippen molar-refractivity contribution in [2.24, 2.45) is 0 Å². The first kappa shape index (κ1) is 15.7. The van der Waals surface area contributed by atoms with E-state index in [1.54, 1.807) is 29.3 Å². The van der Waals surface area contributed by atoms with E-state index in [4.69, 9.17) is 18.6 Å². The Kier molecular flexibility index (Phi) is 3.70. The molecule has 27 heavy (non-hydrogen) atoms. The molecule has 9 heteroatoms. The molecular formula is C18H16N4O5. The highest BCUT2D eigenvalue weighted by Crippen LogP contribution is 2.35. The highest BCUT2D eigenvalue weighted by molar-refractivity contribution is 5.92. The molecule has 4 heterocycles. The molecule has 0 radical (unpaired) electrons. The summed E-state index contributed by atoms with van der Waals surface area (Å²) in [4.78, 5) is 18.6. The van der Waals surface area contributed by atoms with Crippen LogP contribution in [-0.2, 0) is 19.6 Å². The molecule has 3 aromatic rings. The number of hydrogen-bond donors (Lipinski definition) is 1. The van der Waals surface area contributed by atoms with Crippen LogP contribution in [0.1, 0.15) is 27.6 Å². The first-order chi connectivity index (χ1) is 13.3. The van der Waals surface area contributed by atoms with Crippen LogP contribution in [0, 0.1) is 0 Å². The van der Waals surface area contributed by atoms with Crippen molar-refractivity contribution in [3.05, 3.63) is 53.5 Å². The average molecular weight is 368 g/mol. The lowest BCUT2D eigenvalue weighted by Crippen LogP contribution is -2.35. The summed E-state index contributed by atoms with van der Waals surface area (Å²) in [5.41, 5.74) is 2.38. The molecule has 0 saturated carbocycles. The lowest BCUT2D eigenvalue weighted by atomic mass is 10.1. The van der Waals surface area contributed by atoms with Crippen molar-refractivity contribution in [1.82, 2.24) is 20.1 Å². The summed E-state index contributed by atoms with van der Waals surface area (Å²) in [6.45, 7) is 1.45. The number of benzene rings is 1. The van der Waals surface area contributed by atoms with Crippen molar-refractivity contribution in [1.29, 1.82) is 0 Å². The molecule has 9 nitrogen and oxygen atoms in total. The largest absolute Gasteiger partial charge is 0.484 e. The molecule has 2 aliphatic rings. The second-order valence-corrected chi connectivity index (χ2v) is 6.28. The smallest absolute Gasteiger partial charge is 0.276 e. The number of aromatic amines is 1. The number of ether oxygens (including phenoxy) is 3. The summed E-state index contributed by atoms with van der Waals surface area (Å²) in [6, 6.07) is 5.30. The van der Waals surface area contributed by atoms with Crippen LogP contribution in [-0.4, -0.2) is 39.3 Å². The molecule has 0 atom stereocenters. The average Bonchev–Trinajstić information content (AvgIpc) is 3.44. The second-order valence-electron chi connectivity index (χ2n) is 6.28. The van der Waals surface area contributed by atoms with Gasteiger partial charge in [0.15, 0.2) is 23.8 Å². The number of oxazole rings is 1. The van der Waals surface area contributed by atoms with E-state index in [0.29, 0.717) is 36.2 Å². The quantitative estimate of drug-likeness (QED) is 0.750. The van der Waals surface area contributed by atoms with Gasteiger partial charge in [-0.1, -0.05) is 0 Å². The van der Waals surface area contributed by atoms with Crippen LogP contribution in [0.25, 0.3) is 0 Å². The van der Waals surface area contributed by atoms with Gasteiger partial charge in [0, 0.05) is 36.8 Å². The third kappa shape index (κ3) is 2.97. The predicted octanol–water partition coefficient (Wildman–Crippen LogP) is 1.90. The number of nitrogens with zero attached hydrogens (tertiary/aromatic N) is 3. The molecule has 0 spiro atoms. The second kappa shape index (κ2) is 6.35. The summed E-state index contributed by atoms with van der Waals surface area (Å²) in [5, 5.41) is 6.97. The maximum absolute atomic E-state index is 12.6. The van der Waals surface area contributed by atoms with Gasteiger partial charge in [-0.25, -0.2) is 4.98 Å². The van der Waals surface area contributed by atoms with E-state index in [-0.39, 0.29) is 25.0 Å². The highest BCUT2D eigenvalue weighted by Gasteiger charge is 2.25. The zero-order valence-corrected chi connectivity index (χ0v) is 14.3. The number of hydrogen-bond acceptors (Lipinski definition) is 7. The minimum Gasteiger partial charge on any atom is -0.484 e. The van der Waals surface area contributed by atoms with Crippen LogP contribution in [0.2, 0.25) is 0 Å². The summed E-state index contributed by atoms with van der Waals surface area (Å²) < 4.78 is 21.6. The Morgan fingerprint density at radius 2 is 2.22 bits per heavy atom. The van der Waals surface area contributed by atoms with E-state index in [1.165, 1.54) is 6.26 Å². The Morgan fingerprint density at radius 1 is 1.30 bits per heavy atom. The maximum atomic E-state index is 12.6. The van der Waals surface area contributed by atoms with E-state index in [0.717, 1.165) is 17.7 Å². The molecule has 2 aromatic heterocycles. The van der Waals surface area contributed by atoms with Crippen LogP contribution in [0.3, 0.4) is 0 Å². The topological polar surface area (TPSA) is 103 Å². The summed E-state index contributed by atoms with van der Waals surface area (Å²) >= 11 is 0. The Hall–Kier alpha value is -3.49. The molecule has 0 aliphatic carbocycles. The van der Waals surface area contributed by atoms with Crippen LogP contribution in [0.5, 0.6) is 17.2 Å². The molecule has 138 valence electrons. The van der Waals surface area contributed by atoms with Crippen LogP contribution >= 0.6 is 0 Å². The van der Waals surface area contributed by atoms with Crippen molar-refractivity contribution in [2.45, 2.75) is 19.6 Å². The van der Waals surface area contributed by atoms with Crippen LogP contribution < -0.4 is 14.2 Å². The molecule has 0 fully saturated rings. The van der Waals surface area contributed by atoms with Gasteiger partial charge in [0.1, 0.15) is 12.0 Å². The minimum atomic E-state index is -0.167. The molecule has 1 N–H and O–H groups in total. The number of carbonyl (C=O) groups excluding carboxylic acids is 1. The van der Waals surface area contributed by atoms with Gasteiger partial charge in [0.05, 0.1) is 6.20 Å². The highest BCUT2D eigenvalue weighted by atomic mass is 16.7. The van der Waals surface area contributed by atoms with Gasteiger partial charge in [0.25, 0.3) is 5.91 Å². The SMILES string of the molecule is O=C(c1coc(COc2ccc3c(c2)OCO3)n1)N1CCc2[nH]ncc2C1. The predicted molar refractivity (Wildman–Crippen MR) is 90.4 cm³/mol. The van der Waals surface area contributed by atoms with E-state index >= 15 is 0 Å². The lowest BCUT2D eigenvalue weighted by molar-refractivity contribution is 0.0728. The Balaban J connectivity index is 1.23. The van der Waals surface area contributed by atoms with Crippen molar-refractivity contribution in [2.75, 3.05) is 13.3 Å². The van der Waals surface area contributed by atoms with Crippen molar-refractivity contribution in [3.63, 3.8) is 0 Å². The number of fused-ring (bicyclic) bond motifs is 2. The zero-order chi connectivity index (χ0) is 18.2. The molecule has 0 unspecified atom stereocenters. The molecule has 1 aromatic carbocycles. The van der Waals surface area contributed by atoms with Gasteiger partial charge in [-0.05, 0) is 12.1 Å². The fourth-order valence-corrected chi connectivity index (χ4v) is 3.14. The van der Waals surface area contributed by atoms with E-state index in [1.807, 2.05) is 0 Å². The number of nitrogens with one attached hydrogen (secondary N) is 1. The molecule has 2 aliphatic heterocycles. The monoisotopic (exact) mass is 368 g/mol. The molecular weight excluding hydrogens is 352 g/mol. The third-order valence-corrected chi connectivity index (χ3v) is 4.56. The lowest BCUT2D eigenvalue weighted by Gasteiger charge is -2.25. The van der Waals surface area contributed by atoms with Crippen molar-refractivity contribution < 1.29 is 23.4 Å². The first-order valence-electron chi connectivity index (χ1n) is 8.53. The Labute approximate surface area is 153 Å². The molecule has 1 amide bonds. The van der Waals surface area contributed by atoms with Gasteiger partial charge >= 0.3 is 0 Å². The van der Waals surface area contributed by atoms with Crippen molar-refractivity contribution in [3.8, 4) is 17.2 Å². The number of aromatic nitrogens is 3. The van der Waals surface area contributed by atoms with E-state index < -0.39 is 0 Å². The number of H-pyrrole nitrogens is 1. The summed E-state index contributed by atoms with van der Waals surface area (Å²) in [6.07, 6.45) is 3.87. The van der Waals surface area contributed by atoms with Crippen LogP contribution in [0.4, 0.5) is 0 Å². The molecule has 0 bridgehead atoms. The normalized spacial score (nSPS) is 14.9. The molecule has 0 saturated heterocycles. The number of carbonyl (C=O) groups is 1. The minimum absolute atomic E-state index is 0.110. The third-order valence-electron chi connectivity index (χ3n) is 4.56. The van der Waals surface area contributed by atoms with Gasteiger partial charge in [0.2, 0.25) is 12.7 Å². The maximum Gasteiger partial charge on any atom is 0.276 e. The number of rotatable bonds is 4. The Morgan fingerprint density at radius 3 is 3.19 bits per heavy atom. The van der Waals surface area contributed by atoms with E-state index in [2.05, 4.69) is 15.2 Å². The first-order valence-corrected chi connectivity index (χ1v) is 8.53.